The highest BCUT2D eigenvalue weighted by Gasteiger charge is 2.56. The van der Waals surface area contributed by atoms with Crippen LogP contribution < -0.4 is 15.4 Å². The van der Waals surface area contributed by atoms with Crippen molar-refractivity contribution < 1.29 is 33.4 Å². The van der Waals surface area contributed by atoms with Gasteiger partial charge in [-0.3, -0.25) is 29.4 Å². The molecule has 0 bridgehead atoms. The summed E-state index contributed by atoms with van der Waals surface area (Å²) in [5, 5.41) is 4.88. The molecule has 10 heteroatoms. The van der Waals surface area contributed by atoms with E-state index in [0.29, 0.717) is 18.6 Å². The molecule has 1 spiro atoms. The van der Waals surface area contributed by atoms with Crippen molar-refractivity contribution >= 4 is 29.7 Å². The van der Waals surface area contributed by atoms with Crippen LogP contribution in [0.1, 0.15) is 50.4 Å². The molecular formula is C23H29N3O7. The number of carbonyl (C=O) groups is 5. The number of urea groups is 1. The Balaban J connectivity index is 1.52. The second-order valence-electron chi connectivity index (χ2n) is 9.52. The zero-order chi connectivity index (χ0) is 24.4. The zero-order valence-corrected chi connectivity index (χ0v) is 19.2. The van der Waals surface area contributed by atoms with Crippen LogP contribution in [0, 0.1) is 11.3 Å². The SMILES string of the molecule is COc1ccc(C(=O)NC(=O)COC(=O)CN2C(=O)NC3(CC(C)CC(C)(C)C3)C2=O)cc1. The van der Waals surface area contributed by atoms with E-state index in [2.05, 4.69) is 10.6 Å². The largest absolute Gasteiger partial charge is 0.497 e. The van der Waals surface area contributed by atoms with Crippen LogP contribution in [0.2, 0.25) is 0 Å². The standard InChI is InChI=1S/C23H29N3O7/c1-14-9-22(2,3)13-23(10-14)20(30)26(21(31)25-23)11-18(28)33-12-17(27)24-19(29)15-5-7-16(32-4)8-6-15/h5-8,14H,9-13H2,1-4H3,(H,25,31)(H,24,27,29). The number of imide groups is 2. The summed E-state index contributed by atoms with van der Waals surface area (Å²) in [4.78, 5) is 62.6. The van der Waals surface area contributed by atoms with Crippen LogP contribution in [-0.2, 0) is 19.1 Å². The molecule has 2 atom stereocenters. The van der Waals surface area contributed by atoms with Gasteiger partial charge in [-0.15, -0.1) is 0 Å². The van der Waals surface area contributed by atoms with Gasteiger partial charge in [-0.05, 0) is 54.9 Å². The van der Waals surface area contributed by atoms with Crippen LogP contribution in [-0.4, -0.2) is 60.4 Å². The van der Waals surface area contributed by atoms with Crippen molar-refractivity contribution in [2.45, 2.75) is 45.6 Å². The molecule has 2 N–H and O–H groups in total. The van der Waals surface area contributed by atoms with Gasteiger partial charge in [-0.2, -0.15) is 0 Å². The first-order chi connectivity index (χ1) is 15.4. The molecule has 1 saturated heterocycles. The van der Waals surface area contributed by atoms with Gasteiger partial charge in [-0.1, -0.05) is 20.8 Å². The molecule has 2 aliphatic rings. The topological polar surface area (TPSA) is 131 Å². The highest BCUT2D eigenvalue weighted by Crippen LogP contribution is 2.46. The molecule has 0 aromatic heterocycles. The van der Waals surface area contributed by atoms with E-state index in [9.17, 15) is 24.0 Å². The van der Waals surface area contributed by atoms with Gasteiger partial charge in [0.15, 0.2) is 6.61 Å². The van der Waals surface area contributed by atoms with Gasteiger partial charge in [0, 0.05) is 5.56 Å². The fourth-order valence-corrected chi connectivity index (χ4v) is 4.95. The van der Waals surface area contributed by atoms with Gasteiger partial charge in [-0.25, -0.2) is 4.79 Å². The molecule has 1 heterocycles. The number of nitrogens with one attached hydrogen (secondary N) is 2. The van der Waals surface area contributed by atoms with Crippen LogP contribution in [0.5, 0.6) is 5.75 Å². The molecule has 3 rings (SSSR count). The fourth-order valence-electron chi connectivity index (χ4n) is 4.95. The van der Waals surface area contributed by atoms with Gasteiger partial charge in [0.1, 0.15) is 17.8 Å². The van der Waals surface area contributed by atoms with Crippen molar-refractivity contribution in [2.24, 2.45) is 11.3 Å². The van der Waals surface area contributed by atoms with E-state index in [0.717, 1.165) is 11.3 Å². The minimum absolute atomic E-state index is 0.133. The van der Waals surface area contributed by atoms with Crippen LogP contribution in [0.3, 0.4) is 0 Å². The normalized spacial score (nSPS) is 23.8. The molecule has 1 aliphatic carbocycles. The predicted molar refractivity (Wildman–Crippen MR) is 116 cm³/mol. The summed E-state index contributed by atoms with van der Waals surface area (Å²) in [5.41, 5.74) is -0.934. The smallest absolute Gasteiger partial charge is 0.326 e. The number of esters is 1. The first-order valence-electron chi connectivity index (χ1n) is 10.7. The summed E-state index contributed by atoms with van der Waals surface area (Å²) in [6.45, 7) is 4.80. The number of hydrogen-bond acceptors (Lipinski definition) is 7. The maximum absolute atomic E-state index is 13.0. The van der Waals surface area contributed by atoms with E-state index < -0.39 is 48.4 Å². The Morgan fingerprint density at radius 2 is 1.82 bits per heavy atom. The molecule has 5 amide bonds. The lowest BCUT2D eigenvalue weighted by atomic mass is 9.64. The van der Waals surface area contributed by atoms with E-state index in [-0.39, 0.29) is 16.9 Å². The van der Waals surface area contributed by atoms with Crippen LogP contribution >= 0.6 is 0 Å². The highest BCUT2D eigenvalue weighted by atomic mass is 16.5. The number of ether oxygens (including phenoxy) is 2. The van der Waals surface area contributed by atoms with E-state index in [4.69, 9.17) is 9.47 Å². The Bertz CT molecular complexity index is 973. The fraction of sp³-hybridized carbons (Fsp3) is 0.522. The molecule has 1 saturated carbocycles. The lowest BCUT2D eigenvalue weighted by Crippen LogP contribution is -2.54. The summed E-state index contributed by atoms with van der Waals surface area (Å²) in [6.07, 6.45) is 1.92. The van der Waals surface area contributed by atoms with E-state index in [1.165, 1.54) is 19.2 Å². The minimum atomic E-state index is -1.03. The van der Waals surface area contributed by atoms with Crippen molar-refractivity contribution in [1.82, 2.24) is 15.5 Å². The maximum atomic E-state index is 13.0. The monoisotopic (exact) mass is 459 g/mol. The number of methoxy groups -OCH3 is 1. The quantitative estimate of drug-likeness (QED) is 0.488. The molecule has 1 aromatic carbocycles. The average Bonchev–Trinajstić information content (AvgIpc) is 2.93. The van der Waals surface area contributed by atoms with Crippen molar-refractivity contribution in [3.63, 3.8) is 0 Å². The van der Waals surface area contributed by atoms with E-state index in [1.807, 2.05) is 20.8 Å². The molecule has 2 unspecified atom stereocenters. The van der Waals surface area contributed by atoms with Crippen molar-refractivity contribution in [2.75, 3.05) is 20.3 Å². The third-order valence-electron chi connectivity index (χ3n) is 5.88. The second-order valence-corrected chi connectivity index (χ2v) is 9.52. The van der Waals surface area contributed by atoms with Gasteiger partial charge >= 0.3 is 12.0 Å². The molecular weight excluding hydrogens is 430 g/mol. The van der Waals surface area contributed by atoms with Crippen LogP contribution in [0.4, 0.5) is 4.79 Å². The number of amides is 5. The third kappa shape index (κ3) is 5.50. The van der Waals surface area contributed by atoms with E-state index >= 15 is 0 Å². The Morgan fingerprint density at radius 1 is 1.15 bits per heavy atom. The zero-order valence-electron chi connectivity index (χ0n) is 19.2. The van der Waals surface area contributed by atoms with Crippen molar-refractivity contribution in [3.8, 4) is 5.75 Å². The summed E-state index contributed by atoms with van der Waals surface area (Å²) in [6, 6.07) is 5.44. The lowest BCUT2D eigenvalue weighted by Gasteiger charge is -2.43. The highest BCUT2D eigenvalue weighted by molar-refractivity contribution is 6.09. The second kappa shape index (κ2) is 9.21. The average molecular weight is 459 g/mol. The predicted octanol–water partition coefficient (Wildman–Crippen LogP) is 1.63. The Morgan fingerprint density at radius 3 is 2.42 bits per heavy atom. The Labute approximate surface area is 192 Å². The van der Waals surface area contributed by atoms with Gasteiger partial charge in [0.25, 0.3) is 17.7 Å². The lowest BCUT2D eigenvalue weighted by molar-refractivity contribution is -0.151. The Kier molecular flexibility index (Phi) is 6.76. The summed E-state index contributed by atoms with van der Waals surface area (Å²) < 4.78 is 9.88. The van der Waals surface area contributed by atoms with Crippen molar-refractivity contribution in [1.29, 1.82) is 0 Å². The summed E-state index contributed by atoms with van der Waals surface area (Å²) in [5.74, 6) is -2.09. The molecule has 1 aliphatic heterocycles. The number of nitrogens with zero attached hydrogens (tertiary/aromatic N) is 1. The molecule has 33 heavy (non-hydrogen) atoms. The Hall–Kier alpha value is -3.43. The molecule has 1 aromatic rings. The number of hydrogen-bond donors (Lipinski definition) is 2. The van der Waals surface area contributed by atoms with Crippen molar-refractivity contribution in [3.05, 3.63) is 29.8 Å². The number of rotatable bonds is 6. The van der Waals surface area contributed by atoms with Gasteiger partial charge < -0.3 is 14.8 Å². The summed E-state index contributed by atoms with van der Waals surface area (Å²) >= 11 is 0. The maximum Gasteiger partial charge on any atom is 0.326 e. The summed E-state index contributed by atoms with van der Waals surface area (Å²) in [7, 11) is 1.49. The third-order valence-corrected chi connectivity index (χ3v) is 5.88. The van der Waals surface area contributed by atoms with Gasteiger partial charge in [0.2, 0.25) is 0 Å². The molecule has 178 valence electrons. The first kappa shape index (κ1) is 24.2. The molecule has 10 nitrogen and oxygen atoms in total. The number of benzene rings is 1. The molecule has 2 fully saturated rings. The van der Waals surface area contributed by atoms with Gasteiger partial charge in [0.05, 0.1) is 7.11 Å². The van der Waals surface area contributed by atoms with E-state index in [1.54, 1.807) is 12.1 Å². The van der Waals surface area contributed by atoms with Crippen LogP contribution in [0.25, 0.3) is 0 Å². The number of carbonyl (C=O) groups excluding carboxylic acids is 5. The first-order valence-corrected chi connectivity index (χ1v) is 10.7. The van der Waals surface area contributed by atoms with Crippen LogP contribution in [0.15, 0.2) is 24.3 Å². The molecule has 0 radical (unpaired) electrons. The minimum Gasteiger partial charge on any atom is -0.497 e.